The molecule has 1 atom stereocenters. The molecule has 1 amide bonds. The van der Waals surface area contributed by atoms with E-state index in [-0.39, 0.29) is 29.5 Å². The van der Waals surface area contributed by atoms with Gasteiger partial charge in [-0.15, -0.1) is 0 Å². The highest BCUT2D eigenvalue weighted by atomic mass is 32.2. The maximum absolute atomic E-state index is 13.8. The smallest absolute Gasteiger partial charge is 0.341 e. The summed E-state index contributed by atoms with van der Waals surface area (Å²) in [6, 6.07) is 5.84. The zero-order valence-electron chi connectivity index (χ0n) is 20.9. The van der Waals surface area contributed by atoms with Crippen molar-refractivity contribution in [3.63, 3.8) is 0 Å². The van der Waals surface area contributed by atoms with E-state index in [1.54, 1.807) is 20.8 Å². The quantitative estimate of drug-likeness (QED) is 0.594. The van der Waals surface area contributed by atoms with Crippen LogP contribution >= 0.6 is 0 Å². The van der Waals surface area contributed by atoms with Crippen LogP contribution in [0.1, 0.15) is 59.6 Å². The maximum atomic E-state index is 13.8. The number of carbonyl (C=O) groups is 2. The summed E-state index contributed by atoms with van der Waals surface area (Å²) in [5, 5.41) is 2.97. The minimum absolute atomic E-state index is 0.0131. The number of nitrogens with zero attached hydrogens (tertiary/aromatic N) is 2. The van der Waals surface area contributed by atoms with Crippen molar-refractivity contribution in [2.45, 2.75) is 65.8 Å². The normalized spacial score (nSPS) is 16.9. The largest absolute Gasteiger partial charge is 0.462 e. The van der Waals surface area contributed by atoms with Crippen molar-refractivity contribution in [2.75, 3.05) is 25.0 Å². The minimum Gasteiger partial charge on any atom is -0.462 e. The molecule has 0 saturated carbocycles. The fraction of sp³-hybridized carbons (Fsp3) is 0.520. The highest BCUT2D eigenvalue weighted by Crippen LogP contribution is 2.33. The van der Waals surface area contributed by atoms with Gasteiger partial charge in [0.25, 0.3) is 0 Å². The molecule has 0 bridgehead atoms. The summed E-state index contributed by atoms with van der Waals surface area (Å²) in [6.45, 7) is 12.0. The first kappa shape index (κ1) is 26.0. The van der Waals surface area contributed by atoms with E-state index in [0.29, 0.717) is 37.3 Å². The Kier molecular flexibility index (Phi) is 7.88. The predicted molar refractivity (Wildman–Crippen MR) is 132 cm³/mol. The fourth-order valence-electron chi connectivity index (χ4n) is 4.70. The van der Waals surface area contributed by atoms with E-state index in [1.165, 1.54) is 4.31 Å². The highest BCUT2D eigenvalue weighted by Gasteiger charge is 2.39. The number of hydrogen-bond acceptors (Lipinski definition) is 5. The van der Waals surface area contributed by atoms with Crippen LogP contribution in [0.2, 0.25) is 0 Å². The van der Waals surface area contributed by atoms with Crippen LogP contribution in [0.3, 0.4) is 0 Å². The Morgan fingerprint density at radius 3 is 2.47 bits per heavy atom. The molecule has 34 heavy (non-hydrogen) atoms. The third-order valence-corrected chi connectivity index (χ3v) is 8.55. The van der Waals surface area contributed by atoms with E-state index in [9.17, 15) is 18.0 Å². The van der Waals surface area contributed by atoms with Crippen molar-refractivity contribution in [2.24, 2.45) is 5.92 Å². The van der Waals surface area contributed by atoms with E-state index >= 15 is 0 Å². The topological polar surface area (TPSA) is 97.7 Å². The third-order valence-electron chi connectivity index (χ3n) is 6.53. The van der Waals surface area contributed by atoms with Gasteiger partial charge in [-0.3, -0.25) is 4.79 Å². The van der Waals surface area contributed by atoms with Gasteiger partial charge in [-0.1, -0.05) is 12.1 Å². The molecule has 1 aliphatic rings. The summed E-state index contributed by atoms with van der Waals surface area (Å²) in [6.07, 6.45) is 1.16. The maximum Gasteiger partial charge on any atom is 0.341 e. The van der Waals surface area contributed by atoms with E-state index in [0.717, 1.165) is 16.8 Å². The lowest BCUT2D eigenvalue weighted by Crippen LogP contribution is -2.44. The Bertz CT molecular complexity index is 1200. The minimum atomic E-state index is -4.02. The van der Waals surface area contributed by atoms with Gasteiger partial charge in [0.2, 0.25) is 15.9 Å². The number of aryl methyl sites for hydroxylation is 2. The summed E-state index contributed by atoms with van der Waals surface area (Å²) in [4.78, 5) is 25.8. The van der Waals surface area contributed by atoms with Crippen LogP contribution in [-0.4, -0.2) is 48.9 Å². The molecule has 2 heterocycles. The van der Waals surface area contributed by atoms with Gasteiger partial charge in [-0.25, -0.2) is 13.2 Å². The van der Waals surface area contributed by atoms with E-state index < -0.39 is 21.9 Å². The van der Waals surface area contributed by atoms with Crippen molar-refractivity contribution >= 4 is 27.6 Å². The first-order valence-electron chi connectivity index (χ1n) is 11.8. The van der Waals surface area contributed by atoms with Gasteiger partial charge < -0.3 is 14.6 Å². The first-order valence-corrected chi connectivity index (χ1v) is 13.2. The number of hydrogen-bond donors (Lipinski definition) is 1. The van der Waals surface area contributed by atoms with Gasteiger partial charge in [-0.05, 0) is 71.6 Å². The molecule has 1 aliphatic heterocycles. The van der Waals surface area contributed by atoms with Crippen LogP contribution in [0.4, 0.5) is 5.69 Å². The van der Waals surface area contributed by atoms with Gasteiger partial charge in [0.1, 0.15) is 10.5 Å². The summed E-state index contributed by atoms with van der Waals surface area (Å²) in [5.74, 6) is -1.32. The zero-order valence-corrected chi connectivity index (χ0v) is 21.7. The average Bonchev–Trinajstić information content (AvgIpc) is 3.06. The molecule has 3 rings (SSSR count). The second-order valence-corrected chi connectivity index (χ2v) is 10.7. The van der Waals surface area contributed by atoms with E-state index in [1.807, 2.05) is 43.5 Å². The van der Waals surface area contributed by atoms with Crippen LogP contribution in [0.5, 0.6) is 0 Å². The summed E-state index contributed by atoms with van der Waals surface area (Å²) in [7, 11) is -4.02. The number of aromatic nitrogens is 1. The monoisotopic (exact) mass is 489 g/mol. The van der Waals surface area contributed by atoms with Gasteiger partial charge in [-0.2, -0.15) is 4.31 Å². The van der Waals surface area contributed by atoms with Crippen LogP contribution < -0.4 is 5.32 Å². The summed E-state index contributed by atoms with van der Waals surface area (Å²) in [5.41, 5.74) is 3.88. The SMILES string of the molecule is CCOC(=O)c1c(S(=O)(=O)N2CCC[C@@H](C(=O)Nc3cc(C)ccc3C)C2)c(C)n(CC)c1C. The van der Waals surface area contributed by atoms with Crippen LogP contribution in [0.25, 0.3) is 0 Å². The molecule has 1 aromatic heterocycles. The van der Waals surface area contributed by atoms with Crippen molar-refractivity contribution in [3.8, 4) is 0 Å². The lowest BCUT2D eigenvalue weighted by Gasteiger charge is -2.31. The summed E-state index contributed by atoms with van der Waals surface area (Å²) < 4.78 is 36.0. The Balaban J connectivity index is 1.92. The number of esters is 1. The van der Waals surface area contributed by atoms with E-state index in [4.69, 9.17) is 4.74 Å². The number of carbonyl (C=O) groups excluding carboxylic acids is 2. The molecule has 1 N–H and O–H groups in total. The van der Waals surface area contributed by atoms with Gasteiger partial charge in [0.15, 0.2) is 0 Å². The number of nitrogens with one attached hydrogen (secondary N) is 1. The average molecular weight is 490 g/mol. The van der Waals surface area contributed by atoms with Crippen molar-refractivity contribution in [1.29, 1.82) is 0 Å². The summed E-state index contributed by atoms with van der Waals surface area (Å²) >= 11 is 0. The second kappa shape index (κ2) is 10.3. The lowest BCUT2D eigenvalue weighted by molar-refractivity contribution is -0.120. The first-order chi connectivity index (χ1) is 16.0. The Morgan fingerprint density at radius 2 is 1.82 bits per heavy atom. The van der Waals surface area contributed by atoms with Gasteiger partial charge >= 0.3 is 5.97 Å². The Labute approximate surface area is 202 Å². The molecule has 2 aromatic rings. The van der Waals surface area contributed by atoms with Gasteiger partial charge in [0.05, 0.1) is 12.5 Å². The van der Waals surface area contributed by atoms with Crippen LogP contribution in [0.15, 0.2) is 23.1 Å². The molecule has 0 unspecified atom stereocenters. The number of sulfonamides is 1. The number of anilines is 1. The molecule has 9 heteroatoms. The van der Waals surface area contributed by atoms with E-state index in [2.05, 4.69) is 5.32 Å². The van der Waals surface area contributed by atoms with Crippen molar-refractivity contribution in [1.82, 2.24) is 8.87 Å². The molecule has 0 radical (unpaired) electrons. The molecule has 1 fully saturated rings. The molecule has 0 aliphatic carbocycles. The molecule has 0 spiro atoms. The van der Waals surface area contributed by atoms with Crippen LogP contribution in [-0.2, 0) is 26.1 Å². The number of rotatable bonds is 7. The highest BCUT2D eigenvalue weighted by molar-refractivity contribution is 7.89. The molecular weight excluding hydrogens is 454 g/mol. The van der Waals surface area contributed by atoms with Crippen LogP contribution in [0, 0.1) is 33.6 Å². The molecular formula is C25H35N3O5S. The van der Waals surface area contributed by atoms with Crippen molar-refractivity contribution in [3.05, 3.63) is 46.3 Å². The second-order valence-electron chi connectivity index (χ2n) is 8.85. The molecule has 8 nitrogen and oxygen atoms in total. The Hall–Kier alpha value is -2.65. The molecule has 1 saturated heterocycles. The molecule has 186 valence electrons. The molecule has 1 aromatic carbocycles. The third kappa shape index (κ3) is 4.90. The van der Waals surface area contributed by atoms with Gasteiger partial charge in [0, 0.05) is 36.7 Å². The number of ether oxygens (including phenoxy) is 1. The standard InChI is InChI=1S/C25H35N3O5S/c1-7-28-18(5)22(25(30)33-8-2)23(19(28)6)34(31,32)27-13-9-10-20(15-27)24(29)26-21-14-16(3)11-12-17(21)4/h11-12,14,20H,7-10,13,15H2,1-6H3,(H,26,29)/t20-/m1/s1. The fourth-order valence-corrected chi connectivity index (χ4v) is 6.67. The zero-order chi connectivity index (χ0) is 25.2. The Morgan fingerprint density at radius 1 is 1.12 bits per heavy atom. The number of benzene rings is 1. The number of amides is 1. The lowest BCUT2D eigenvalue weighted by atomic mass is 9.98. The van der Waals surface area contributed by atoms with Crippen molar-refractivity contribution < 1.29 is 22.7 Å². The number of piperidine rings is 1. The predicted octanol–water partition coefficient (Wildman–Crippen LogP) is 3.96.